The lowest BCUT2D eigenvalue weighted by Crippen LogP contribution is -2.41. The van der Waals surface area contributed by atoms with Crippen molar-refractivity contribution < 1.29 is 9.59 Å². The summed E-state index contributed by atoms with van der Waals surface area (Å²) in [6.45, 7) is 3.42. The first kappa shape index (κ1) is 20.1. The molecule has 1 aliphatic rings. The standard InChI is InChI=1S/C25H27N3O2/c1-2-24(30)28-13-11-20(12-14-28)25(27-17-29)19-9-7-18(8-10-19)22-15-21-5-3-4-6-23(21)26-16-22/h3-10,15-17,20,25H,2,11-14H2,1H3,(H,27,29). The third-order valence-corrected chi connectivity index (χ3v) is 6.11. The molecule has 1 aliphatic heterocycles. The second-order valence-corrected chi connectivity index (χ2v) is 7.87. The van der Waals surface area contributed by atoms with Gasteiger partial charge in [0.25, 0.3) is 0 Å². The monoisotopic (exact) mass is 401 g/mol. The highest BCUT2D eigenvalue weighted by molar-refractivity contribution is 5.83. The molecule has 1 aromatic heterocycles. The molecule has 0 aliphatic carbocycles. The molecule has 2 heterocycles. The molecule has 154 valence electrons. The van der Waals surface area contributed by atoms with E-state index in [4.69, 9.17) is 0 Å². The predicted octanol–water partition coefficient (Wildman–Crippen LogP) is 4.34. The van der Waals surface area contributed by atoms with Crippen LogP contribution in [-0.4, -0.2) is 35.3 Å². The molecule has 4 rings (SSSR count). The average Bonchev–Trinajstić information content (AvgIpc) is 2.82. The third kappa shape index (κ3) is 4.20. The molecule has 2 aromatic carbocycles. The second kappa shape index (κ2) is 9.08. The van der Waals surface area contributed by atoms with E-state index in [1.165, 1.54) is 0 Å². The fraction of sp³-hybridized carbons (Fsp3) is 0.320. The fourth-order valence-electron chi connectivity index (χ4n) is 4.40. The van der Waals surface area contributed by atoms with Crippen LogP contribution in [0.15, 0.2) is 60.8 Å². The molecule has 1 N–H and O–H groups in total. The number of likely N-dealkylation sites (tertiary alicyclic amines) is 1. The summed E-state index contributed by atoms with van der Waals surface area (Å²) < 4.78 is 0. The smallest absolute Gasteiger partial charge is 0.222 e. The number of pyridine rings is 1. The summed E-state index contributed by atoms with van der Waals surface area (Å²) in [5.41, 5.74) is 4.26. The van der Waals surface area contributed by atoms with E-state index in [-0.39, 0.29) is 11.9 Å². The number of benzene rings is 2. The Morgan fingerprint density at radius 3 is 2.57 bits per heavy atom. The van der Waals surface area contributed by atoms with Crippen molar-refractivity contribution in [1.82, 2.24) is 15.2 Å². The van der Waals surface area contributed by atoms with Crippen molar-refractivity contribution in [2.45, 2.75) is 32.2 Å². The average molecular weight is 402 g/mol. The first-order chi connectivity index (χ1) is 14.7. The number of carbonyl (C=O) groups is 2. The lowest BCUT2D eigenvalue weighted by atomic mass is 9.85. The van der Waals surface area contributed by atoms with Gasteiger partial charge in [-0.25, -0.2) is 0 Å². The van der Waals surface area contributed by atoms with Gasteiger partial charge in [0.2, 0.25) is 12.3 Å². The topological polar surface area (TPSA) is 62.3 Å². The number of rotatable bonds is 6. The van der Waals surface area contributed by atoms with Crippen LogP contribution in [0.4, 0.5) is 0 Å². The Balaban J connectivity index is 1.51. The molecule has 0 spiro atoms. The zero-order valence-corrected chi connectivity index (χ0v) is 17.3. The number of hydrogen-bond acceptors (Lipinski definition) is 3. The minimum Gasteiger partial charge on any atom is -0.352 e. The number of piperidine rings is 1. The van der Waals surface area contributed by atoms with E-state index in [2.05, 4.69) is 46.7 Å². The normalized spacial score (nSPS) is 15.7. The lowest BCUT2D eigenvalue weighted by molar-refractivity contribution is -0.132. The van der Waals surface area contributed by atoms with Crippen LogP contribution < -0.4 is 5.32 Å². The second-order valence-electron chi connectivity index (χ2n) is 7.87. The molecule has 2 amide bonds. The highest BCUT2D eigenvalue weighted by atomic mass is 16.2. The Morgan fingerprint density at radius 2 is 1.87 bits per heavy atom. The van der Waals surface area contributed by atoms with Gasteiger partial charge in [-0.15, -0.1) is 0 Å². The van der Waals surface area contributed by atoms with Gasteiger partial charge in [0.1, 0.15) is 0 Å². The van der Waals surface area contributed by atoms with Crippen molar-refractivity contribution in [1.29, 1.82) is 0 Å². The fourth-order valence-corrected chi connectivity index (χ4v) is 4.40. The number of para-hydroxylation sites is 1. The van der Waals surface area contributed by atoms with Crippen molar-refractivity contribution in [3.05, 3.63) is 66.4 Å². The van der Waals surface area contributed by atoms with E-state index in [0.29, 0.717) is 12.3 Å². The Labute approximate surface area is 177 Å². The number of hydrogen-bond donors (Lipinski definition) is 1. The highest BCUT2D eigenvalue weighted by Gasteiger charge is 2.28. The Hall–Kier alpha value is -3.21. The molecule has 1 saturated heterocycles. The zero-order valence-electron chi connectivity index (χ0n) is 17.3. The van der Waals surface area contributed by atoms with Gasteiger partial charge in [-0.05, 0) is 42.0 Å². The van der Waals surface area contributed by atoms with Crippen LogP contribution in [0.1, 0.15) is 37.8 Å². The van der Waals surface area contributed by atoms with Crippen molar-refractivity contribution in [3.63, 3.8) is 0 Å². The van der Waals surface area contributed by atoms with Crippen LogP contribution in [0, 0.1) is 5.92 Å². The number of carbonyl (C=O) groups excluding carboxylic acids is 2. The molecular formula is C25H27N3O2. The van der Waals surface area contributed by atoms with Gasteiger partial charge in [-0.3, -0.25) is 14.6 Å². The Bertz CT molecular complexity index is 1020. The molecule has 5 heteroatoms. The predicted molar refractivity (Wildman–Crippen MR) is 119 cm³/mol. The molecule has 3 aromatic rings. The zero-order chi connectivity index (χ0) is 20.9. The molecule has 30 heavy (non-hydrogen) atoms. The number of aromatic nitrogens is 1. The van der Waals surface area contributed by atoms with Crippen LogP contribution in [0.25, 0.3) is 22.0 Å². The van der Waals surface area contributed by atoms with E-state index in [0.717, 1.165) is 59.9 Å². The van der Waals surface area contributed by atoms with Gasteiger partial charge in [-0.2, -0.15) is 0 Å². The van der Waals surface area contributed by atoms with Gasteiger partial charge < -0.3 is 10.2 Å². The first-order valence-corrected chi connectivity index (χ1v) is 10.6. The van der Waals surface area contributed by atoms with Gasteiger partial charge >= 0.3 is 0 Å². The van der Waals surface area contributed by atoms with Crippen molar-refractivity contribution >= 4 is 23.2 Å². The largest absolute Gasteiger partial charge is 0.352 e. The summed E-state index contributed by atoms with van der Waals surface area (Å²) in [5, 5.41) is 4.13. The molecule has 0 saturated carbocycles. The van der Waals surface area contributed by atoms with Crippen LogP contribution in [-0.2, 0) is 9.59 Å². The molecule has 0 radical (unpaired) electrons. The van der Waals surface area contributed by atoms with E-state index in [1.54, 1.807) is 0 Å². The van der Waals surface area contributed by atoms with E-state index in [1.807, 2.05) is 36.2 Å². The first-order valence-electron chi connectivity index (χ1n) is 10.6. The molecular weight excluding hydrogens is 374 g/mol. The van der Waals surface area contributed by atoms with E-state index >= 15 is 0 Å². The van der Waals surface area contributed by atoms with Gasteiger partial charge in [0, 0.05) is 36.7 Å². The Morgan fingerprint density at radius 1 is 1.13 bits per heavy atom. The molecule has 1 atom stereocenters. The van der Waals surface area contributed by atoms with Crippen molar-refractivity contribution in [2.24, 2.45) is 5.92 Å². The quantitative estimate of drug-likeness (QED) is 0.625. The summed E-state index contributed by atoms with van der Waals surface area (Å²) in [6, 6.07) is 18.6. The van der Waals surface area contributed by atoms with Crippen LogP contribution in [0.3, 0.4) is 0 Å². The van der Waals surface area contributed by atoms with E-state index in [9.17, 15) is 9.59 Å². The SMILES string of the molecule is CCC(=O)N1CCC(C(NC=O)c2ccc(-c3cnc4ccccc4c3)cc2)CC1. The van der Waals surface area contributed by atoms with Crippen molar-refractivity contribution in [3.8, 4) is 11.1 Å². The van der Waals surface area contributed by atoms with Crippen LogP contribution in [0.5, 0.6) is 0 Å². The lowest BCUT2D eigenvalue weighted by Gasteiger charge is -2.36. The Kier molecular flexibility index (Phi) is 6.07. The number of fused-ring (bicyclic) bond motifs is 1. The molecule has 5 nitrogen and oxygen atoms in total. The summed E-state index contributed by atoms with van der Waals surface area (Å²) in [6.07, 6.45) is 5.03. The maximum Gasteiger partial charge on any atom is 0.222 e. The molecule has 0 bridgehead atoms. The maximum atomic E-state index is 11.9. The highest BCUT2D eigenvalue weighted by Crippen LogP contribution is 2.32. The van der Waals surface area contributed by atoms with Gasteiger partial charge in [0.05, 0.1) is 11.6 Å². The van der Waals surface area contributed by atoms with Crippen LogP contribution in [0.2, 0.25) is 0 Å². The summed E-state index contributed by atoms with van der Waals surface area (Å²) in [5.74, 6) is 0.533. The van der Waals surface area contributed by atoms with E-state index < -0.39 is 0 Å². The summed E-state index contributed by atoms with van der Waals surface area (Å²) >= 11 is 0. The van der Waals surface area contributed by atoms with Gasteiger partial charge in [-0.1, -0.05) is 49.4 Å². The van der Waals surface area contributed by atoms with Crippen molar-refractivity contribution in [2.75, 3.05) is 13.1 Å². The summed E-state index contributed by atoms with van der Waals surface area (Å²) in [4.78, 5) is 29.7. The van der Waals surface area contributed by atoms with Crippen LogP contribution >= 0.6 is 0 Å². The number of amides is 2. The summed E-state index contributed by atoms with van der Waals surface area (Å²) in [7, 11) is 0. The minimum absolute atomic E-state index is 0.0369. The molecule has 1 unspecified atom stereocenters. The maximum absolute atomic E-state index is 11.9. The number of nitrogens with one attached hydrogen (secondary N) is 1. The number of nitrogens with zero attached hydrogens (tertiary/aromatic N) is 2. The van der Waals surface area contributed by atoms with Gasteiger partial charge in [0.15, 0.2) is 0 Å². The third-order valence-electron chi connectivity index (χ3n) is 6.11. The minimum atomic E-state index is -0.0369. The molecule has 1 fully saturated rings.